The number of nitrogens with one attached hydrogen (secondary N) is 1. The van der Waals surface area contributed by atoms with Crippen molar-refractivity contribution in [2.75, 3.05) is 24.5 Å². The summed E-state index contributed by atoms with van der Waals surface area (Å²) in [4.78, 5) is 11.4. The van der Waals surface area contributed by atoms with E-state index in [1.54, 1.807) is 0 Å². The molecular weight excluding hydrogens is 236 g/mol. The fraction of sp³-hybridized carbons (Fsp3) is 0.667. The van der Waals surface area contributed by atoms with Crippen molar-refractivity contribution in [3.05, 3.63) is 16.4 Å². The fourth-order valence-electron chi connectivity index (χ4n) is 2.52. The van der Waals surface area contributed by atoms with Crippen molar-refractivity contribution in [3.63, 3.8) is 0 Å². The van der Waals surface area contributed by atoms with Gasteiger partial charge in [0.1, 0.15) is 5.15 Å². The van der Waals surface area contributed by atoms with E-state index in [2.05, 4.69) is 20.2 Å². The second-order valence-electron chi connectivity index (χ2n) is 4.71. The summed E-state index contributed by atoms with van der Waals surface area (Å²) in [5.41, 5.74) is 2.21. The van der Waals surface area contributed by atoms with Gasteiger partial charge in [-0.1, -0.05) is 11.6 Å². The lowest BCUT2D eigenvalue weighted by Gasteiger charge is -2.28. The summed E-state index contributed by atoms with van der Waals surface area (Å²) in [5, 5.41) is 3.93. The number of halogens is 1. The molecular formula is C12H17ClN4. The third-order valence-corrected chi connectivity index (χ3v) is 3.82. The van der Waals surface area contributed by atoms with Gasteiger partial charge in [-0.25, -0.2) is 9.97 Å². The van der Waals surface area contributed by atoms with Gasteiger partial charge in [0.2, 0.25) is 5.95 Å². The Morgan fingerprint density at radius 2 is 1.94 bits per heavy atom. The zero-order valence-corrected chi connectivity index (χ0v) is 10.6. The highest BCUT2D eigenvalue weighted by molar-refractivity contribution is 6.30. The highest BCUT2D eigenvalue weighted by Gasteiger charge is 2.20. The number of aromatic nitrogens is 2. The summed E-state index contributed by atoms with van der Waals surface area (Å²) in [6.45, 7) is 3.91. The zero-order valence-electron chi connectivity index (χ0n) is 9.88. The first kappa shape index (κ1) is 11.2. The van der Waals surface area contributed by atoms with Crippen LogP contribution in [0.5, 0.6) is 0 Å². The maximum atomic E-state index is 6.25. The summed E-state index contributed by atoms with van der Waals surface area (Å²) in [7, 11) is 0. The van der Waals surface area contributed by atoms with E-state index < -0.39 is 0 Å². The van der Waals surface area contributed by atoms with E-state index in [-0.39, 0.29) is 0 Å². The van der Waals surface area contributed by atoms with Crippen LogP contribution in [-0.2, 0) is 13.0 Å². The van der Waals surface area contributed by atoms with Crippen LogP contribution in [0, 0.1) is 0 Å². The second kappa shape index (κ2) is 4.78. The number of hydrogen-bond acceptors (Lipinski definition) is 4. The highest BCUT2D eigenvalue weighted by atomic mass is 35.5. The van der Waals surface area contributed by atoms with Crippen LogP contribution in [0.4, 0.5) is 5.95 Å². The largest absolute Gasteiger partial charge is 0.341 e. The average molecular weight is 253 g/mol. The van der Waals surface area contributed by atoms with Crippen molar-refractivity contribution in [3.8, 4) is 0 Å². The molecule has 0 spiro atoms. The van der Waals surface area contributed by atoms with Crippen molar-refractivity contribution < 1.29 is 0 Å². The van der Waals surface area contributed by atoms with Gasteiger partial charge in [-0.15, -0.1) is 0 Å². The van der Waals surface area contributed by atoms with Gasteiger partial charge < -0.3 is 10.2 Å². The van der Waals surface area contributed by atoms with Crippen molar-refractivity contribution >= 4 is 17.5 Å². The number of fused-ring (bicyclic) bond motifs is 1. The summed E-state index contributed by atoms with van der Waals surface area (Å²) < 4.78 is 0. The van der Waals surface area contributed by atoms with Crippen LogP contribution in [0.1, 0.15) is 30.5 Å². The van der Waals surface area contributed by atoms with Gasteiger partial charge in [-0.2, -0.15) is 0 Å². The molecule has 2 aliphatic heterocycles. The lowest BCUT2D eigenvalue weighted by molar-refractivity contribution is 0.562. The third-order valence-electron chi connectivity index (χ3n) is 3.51. The first-order valence-corrected chi connectivity index (χ1v) is 6.73. The molecule has 1 N–H and O–H groups in total. The number of anilines is 1. The maximum Gasteiger partial charge on any atom is 0.227 e. The zero-order chi connectivity index (χ0) is 11.7. The van der Waals surface area contributed by atoms with Gasteiger partial charge in [0.15, 0.2) is 0 Å². The Morgan fingerprint density at radius 3 is 2.76 bits per heavy atom. The van der Waals surface area contributed by atoms with Crippen molar-refractivity contribution in [2.45, 2.75) is 32.2 Å². The van der Waals surface area contributed by atoms with Crippen molar-refractivity contribution in [1.82, 2.24) is 15.3 Å². The van der Waals surface area contributed by atoms with Crippen LogP contribution < -0.4 is 10.2 Å². The molecule has 0 saturated carbocycles. The van der Waals surface area contributed by atoms with E-state index in [1.165, 1.54) is 19.3 Å². The Kier molecular flexibility index (Phi) is 3.16. The van der Waals surface area contributed by atoms with Crippen LogP contribution in [-0.4, -0.2) is 29.6 Å². The third kappa shape index (κ3) is 2.24. The molecule has 1 aromatic rings. The minimum atomic E-state index is 0.628. The van der Waals surface area contributed by atoms with Gasteiger partial charge in [-0.05, 0) is 19.3 Å². The van der Waals surface area contributed by atoms with Crippen LogP contribution in [0.3, 0.4) is 0 Å². The summed E-state index contributed by atoms with van der Waals surface area (Å²) in [5.74, 6) is 0.829. The fourth-order valence-corrected chi connectivity index (χ4v) is 2.78. The molecule has 92 valence electrons. The van der Waals surface area contributed by atoms with Crippen LogP contribution in [0.25, 0.3) is 0 Å². The molecule has 0 aliphatic carbocycles. The molecule has 1 fully saturated rings. The molecule has 0 unspecified atom stereocenters. The Balaban J connectivity index is 1.92. The minimum Gasteiger partial charge on any atom is -0.341 e. The molecule has 0 aromatic carbocycles. The lowest BCUT2D eigenvalue weighted by atomic mass is 10.1. The molecule has 2 aliphatic rings. The van der Waals surface area contributed by atoms with Gasteiger partial charge >= 0.3 is 0 Å². The first-order chi connectivity index (χ1) is 8.34. The summed E-state index contributed by atoms with van der Waals surface area (Å²) >= 11 is 6.25. The maximum absolute atomic E-state index is 6.25. The number of nitrogens with zero attached hydrogens (tertiary/aromatic N) is 3. The quantitative estimate of drug-likeness (QED) is 0.774. The van der Waals surface area contributed by atoms with Gasteiger partial charge in [0, 0.05) is 38.2 Å². The van der Waals surface area contributed by atoms with E-state index in [1.807, 2.05) is 0 Å². The molecule has 1 saturated heterocycles. The first-order valence-electron chi connectivity index (χ1n) is 6.35. The molecule has 17 heavy (non-hydrogen) atoms. The van der Waals surface area contributed by atoms with Crippen molar-refractivity contribution in [1.29, 1.82) is 0 Å². The number of rotatable bonds is 1. The van der Waals surface area contributed by atoms with E-state index in [9.17, 15) is 0 Å². The van der Waals surface area contributed by atoms with Gasteiger partial charge in [-0.3, -0.25) is 0 Å². The Morgan fingerprint density at radius 1 is 1.12 bits per heavy atom. The molecule has 1 aromatic heterocycles. The molecule has 5 heteroatoms. The smallest absolute Gasteiger partial charge is 0.227 e. The summed E-state index contributed by atoms with van der Waals surface area (Å²) in [6.07, 6.45) is 4.75. The lowest BCUT2D eigenvalue weighted by Crippen LogP contribution is -2.33. The van der Waals surface area contributed by atoms with Gasteiger partial charge in [0.25, 0.3) is 0 Å². The minimum absolute atomic E-state index is 0.628. The molecule has 0 bridgehead atoms. The standard InChI is InChI=1S/C12H17ClN4/c13-11-9-8-14-5-4-10(9)15-12(16-11)17-6-2-1-3-7-17/h14H,1-8H2. The molecule has 0 radical (unpaired) electrons. The van der Waals surface area contributed by atoms with E-state index >= 15 is 0 Å². The molecule has 3 heterocycles. The van der Waals surface area contributed by atoms with Crippen LogP contribution in [0.15, 0.2) is 0 Å². The van der Waals surface area contributed by atoms with Crippen molar-refractivity contribution in [2.24, 2.45) is 0 Å². The Hall–Kier alpha value is -0.870. The SMILES string of the molecule is Clc1nc(N2CCCCC2)nc2c1CNCC2. The predicted octanol–water partition coefficient (Wildman–Crippen LogP) is 1.77. The molecule has 0 amide bonds. The average Bonchev–Trinajstić information content (AvgIpc) is 2.40. The number of hydrogen-bond donors (Lipinski definition) is 1. The van der Waals surface area contributed by atoms with Crippen LogP contribution in [0.2, 0.25) is 5.15 Å². The predicted molar refractivity (Wildman–Crippen MR) is 68.5 cm³/mol. The Bertz CT molecular complexity index is 415. The summed E-state index contributed by atoms with van der Waals surface area (Å²) in [6, 6.07) is 0. The van der Waals surface area contributed by atoms with Gasteiger partial charge in [0.05, 0.1) is 5.69 Å². The highest BCUT2D eigenvalue weighted by Crippen LogP contribution is 2.24. The normalized spacial score (nSPS) is 20.2. The Labute approximate surface area is 106 Å². The van der Waals surface area contributed by atoms with E-state index in [0.29, 0.717) is 5.15 Å². The second-order valence-corrected chi connectivity index (χ2v) is 5.07. The monoisotopic (exact) mass is 252 g/mol. The number of piperidine rings is 1. The molecule has 3 rings (SSSR count). The van der Waals surface area contributed by atoms with Crippen LogP contribution >= 0.6 is 11.6 Å². The molecule has 0 atom stereocenters. The topological polar surface area (TPSA) is 41.1 Å². The van der Waals surface area contributed by atoms with E-state index in [4.69, 9.17) is 11.6 Å². The van der Waals surface area contributed by atoms with E-state index in [0.717, 1.165) is 49.8 Å². The molecule has 4 nitrogen and oxygen atoms in total.